The van der Waals surface area contributed by atoms with Crippen LogP contribution in [0.4, 0.5) is 5.69 Å². The Morgan fingerprint density at radius 1 is 1.36 bits per heavy atom. The van der Waals surface area contributed by atoms with Crippen molar-refractivity contribution in [3.63, 3.8) is 0 Å². The number of benzene rings is 1. The third kappa shape index (κ3) is 1.71. The van der Waals surface area contributed by atoms with Crippen molar-refractivity contribution in [3.05, 3.63) is 29.8 Å². The lowest BCUT2D eigenvalue weighted by atomic mass is 10.2. The Morgan fingerprint density at radius 3 is 2.64 bits per heavy atom. The van der Waals surface area contributed by atoms with E-state index in [4.69, 9.17) is 5.26 Å². The van der Waals surface area contributed by atoms with Crippen molar-refractivity contribution in [2.24, 2.45) is 0 Å². The van der Waals surface area contributed by atoms with Crippen molar-refractivity contribution >= 4 is 5.69 Å². The SMILES string of the molecule is CN(C)c1cccc(C#N)c1. The van der Waals surface area contributed by atoms with E-state index in [1.165, 1.54) is 0 Å². The van der Waals surface area contributed by atoms with Crippen molar-refractivity contribution in [2.45, 2.75) is 0 Å². The summed E-state index contributed by atoms with van der Waals surface area (Å²) in [4.78, 5) is 1.97. The van der Waals surface area contributed by atoms with E-state index in [0.717, 1.165) is 5.69 Å². The lowest BCUT2D eigenvalue weighted by Gasteiger charge is -2.11. The zero-order valence-corrected chi connectivity index (χ0v) is 6.70. The third-order valence-electron chi connectivity index (χ3n) is 1.49. The molecule has 11 heavy (non-hydrogen) atoms. The molecule has 2 nitrogen and oxygen atoms in total. The Hall–Kier alpha value is -1.49. The summed E-state index contributed by atoms with van der Waals surface area (Å²) in [5.41, 5.74) is 1.76. The Morgan fingerprint density at radius 2 is 2.09 bits per heavy atom. The number of anilines is 1. The van der Waals surface area contributed by atoms with Gasteiger partial charge in [0.1, 0.15) is 0 Å². The van der Waals surface area contributed by atoms with Gasteiger partial charge >= 0.3 is 0 Å². The molecule has 0 bridgehead atoms. The molecule has 0 aliphatic rings. The average Bonchev–Trinajstić information content (AvgIpc) is 2.05. The normalized spacial score (nSPS) is 8.82. The summed E-state index contributed by atoms with van der Waals surface area (Å²) in [6.45, 7) is 0. The highest BCUT2D eigenvalue weighted by Crippen LogP contribution is 2.11. The maximum atomic E-state index is 8.58. The first-order chi connectivity index (χ1) is 5.24. The second-order valence-electron chi connectivity index (χ2n) is 2.56. The molecule has 0 saturated heterocycles. The second-order valence-corrected chi connectivity index (χ2v) is 2.56. The van der Waals surface area contributed by atoms with Crippen LogP contribution in [0.5, 0.6) is 0 Å². The van der Waals surface area contributed by atoms with Crippen molar-refractivity contribution < 1.29 is 0 Å². The van der Waals surface area contributed by atoms with E-state index in [-0.39, 0.29) is 0 Å². The molecule has 56 valence electrons. The molecule has 0 aliphatic heterocycles. The molecular weight excluding hydrogens is 136 g/mol. The van der Waals surface area contributed by atoms with Crippen LogP contribution in [0.15, 0.2) is 24.3 Å². The molecule has 0 amide bonds. The highest BCUT2D eigenvalue weighted by molar-refractivity contribution is 5.50. The molecule has 0 aromatic heterocycles. The van der Waals surface area contributed by atoms with Crippen LogP contribution < -0.4 is 4.90 Å². The van der Waals surface area contributed by atoms with Gasteiger partial charge in [-0.05, 0) is 18.2 Å². The molecule has 0 saturated carbocycles. The number of nitrogens with zero attached hydrogens (tertiary/aromatic N) is 2. The van der Waals surface area contributed by atoms with Crippen LogP contribution >= 0.6 is 0 Å². The lowest BCUT2D eigenvalue weighted by molar-refractivity contribution is 1.13. The van der Waals surface area contributed by atoms with Crippen molar-refractivity contribution in [2.75, 3.05) is 19.0 Å². The minimum atomic E-state index is 0.705. The summed E-state index contributed by atoms with van der Waals surface area (Å²) in [5.74, 6) is 0. The molecule has 1 aromatic carbocycles. The molecule has 1 rings (SSSR count). The zero-order valence-electron chi connectivity index (χ0n) is 6.70. The molecule has 0 atom stereocenters. The molecule has 0 radical (unpaired) electrons. The molecule has 0 N–H and O–H groups in total. The first-order valence-electron chi connectivity index (χ1n) is 3.41. The Bertz CT molecular complexity index is 284. The minimum Gasteiger partial charge on any atom is -0.378 e. The van der Waals surface area contributed by atoms with Crippen LogP contribution in [-0.4, -0.2) is 14.1 Å². The molecule has 2 heteroatoms. The molecule has 0 spiro atoms. The van der Waals surface area contributed by atoms with Crippen LogP contribution in [0.3, 0.4) is 0 Å². The Kier molecular flexibility index (Phi) is 2.12. The summed E-state index contributed by atoms with van der Waals surface area (Å²) >= 11 is 0. The third-order valence-corrected chi connectivity index (χ3v) is 1.49. The fourth-order valence-electron chi connectivity index (χ4n) is 0.854. The quantitative estimate of drug-likeness (QED) is 0.602. The highest BCUT2D eigenvalue weighted by atomic mass is 15.1. The lowest BCUT2D eigenvalue weighted by Crippen LogP contribution is -2.08. The van der Waals surface area contributed by atoms with Gasteiger partial charge in [-0.15, -0.1) is 0 Å². The predicted octanol–water partition coefficient (Wildman–Crippen LogP) is 1.62. The predicted molar refractivity (Wildman–Crippen MR) is 45.5 cm³/mol. The van der Waals surface area contributed by atoms with E-state index in [9.17, 15) is 0 Å². The van der Waals surface area contributed by atoms with E-state index in [1.807, 2.05) is 37.2 Å². The number of hydrogen-bond donors (Lipinski definition) is 0. The second kappa shape index (κ2) is 3.07. The molecular formula is C9H10N2. The van der Waals surface area contributed by atoms with Crippen LogP contribution in [0.2, 0.25) is 0 Å². The standard InChI is InChI=1S/C9H10N2/c1-11(2)9-5-3-4-8(6-9)7-10/h3-6H,1-2H3. The van der Waals surface area contributed by atoms with Crippen LogP contribution in [0.1, 0.15) is 5.56 Å². The fourth-order valence-corrected chi connectivity index (χ4v) is 0.854. The summed E-state index contributed by atoms with van der Waals surface area (Å²) in [6.07, 6.45) is 0. The zero-order chi connectivity index (χ0) is 8.27. The van der Waals surface area contributed by atoms with Gasteiger partial charge in [0, 0.05) is 19.8 Å². The van der Waals surface area contributed by atoms with Gasteiger partial charge in [0.15, 0.2) is 0 Å². The molecule has 0 fully saturated rings. The van der Waals surface area contributed by atoms with Gasteiger partial charge in [-0.1, -0.05) is 6.07 Å². The number of rotatable bonds is 1. The first kappa shape index (κ1) is 7.62. The van der Waals surface area contributed by atoms with Gasteiger partial charge < -0.3 is 4.90 Å². The summed E-state index contributed by atoms with van der Waals surface area (Å²) < 4.78 is 0. The number of hydrogen-bond acceptors (Lipinski definition) is 2. The summed E-state index contributed by atoms with van der Waals surface area (Å²) in [7, 11) is 3.91. The Balaban J connectivity index is 3.03. The van der Waals surface area contributed by atoms with E-state index >= 15 is 0 Å². The van der Waals surface area contributed by atoms with Gasteiger partial charge in [-0.25, -0.2) is 0 Å². The van der Waals surface area contributed by atoms with Gasteiger partial charge in [0.2, 0.25) is 0 Å². The van der Waals surface area contributed by atoms with E-state index < -0.39 is 0 Å². The summed E-state index contributed by atoms with van der Waals surface area (Å²) in [6, 6.07) is 9.61. The number of nitriles is 1. The highest BCUT2D eigenvalue weighted by Gasteiger charge is 1.94. The largest absolute Gasteiger partial charge is 0.378 e. The minimum absolute atomic E-state index is 0.705. The van der Waals surface area contributed by atoms with Crippen molar-refractivity contribution in [1.82, 2.24) is 0 Å². The van der Waals surface area contributed by atoms with Crippen LogP contribution in [0.25, 0.3) is 0 Å². The van der Waals surface area contributed by atoms with Crippen LogP contribution in [0, 0.1) is 11.3 Å². The molecule has 0 heterocycles. The van der Waals surface area contributed by atoms with E-state index in [0.29, 0.717) is 5.56 Å². The average molecular weight is 146 g/mol. The first-order valence-corrected chi connectivity index (χ1v) is 3.41. The maximum absolute atomic E-state index is 8.58. The van der Waals surface area contributed by atoms with Gasteiger partial charge in [-0.2, -0.15) is 5.26 Å². The Labute approximate surface area is 66.7 Å². The van der Waals surface area contributed by atoms with E-state index in [1.54, 1.807) is 6.07 Å². The van der Waals surface area contributed by atoms with Crippen molar-refractivity contribution in [1.29, 1.82) is 5.26 Å². The fraction of sp³-hybridized carbons (Fsp3) is 0.222. The van der Waals surface area contributed by atoms with Gasteiger partial charge in [0.05, 0.1) is 11.6 Å². The topological polar surface area (TPSA) is 27.0 Å². The molecule has 1 aromatic rings. The summed E-state index contributed by atoms with van der Waals surface area (Å²) in [5, 5.41) is 8.58. The van der Waals surface area contributed by atoms with Gasteiger partial charge in [-0.3, -0.25) is 0 Å². The maximum Gasteiger partial charge on any atom is 0.0992 e. The molecule has 0 unspecified atom stereocenters. The smallest absolute Gasteiger partial charge is 0.0992 e. The van der Waals surface area contributed by atoms with Crippen LogP contribution in [-0.2, 0) is 0 Å². The van der Waals surface area contributed by atoms with Crippen molar-refractivity contribution in [3.8, 4) is 6.07 Å². The molecule has 0 aliphatic carbocycles. The van der Waals surface area contributed by atoms with Gasteiger partial charge in [0.25, 0.3) is 0 Å². The van der Waals surface area contributed by atoms with E-state index in [2.05, 4.69) is 6.07 Å². The monoisotopic (exact) mass is 146 g/mol.